The van der Waals surface area contributed by atoms with E-state index in [-0.39, 0.29) is 0 Å². The minimum Gasteiger partial charge on any atom is -0.256 e. The summed E-state index contributed by atoms with van der Waals surface area (Å²) >= 11 is 0. The second-order valence-corrected chi connectivity index (χ2v) is 3.79. The lowest BCUT2D eigenvalue weighted by Crippen LogP contribution is -1.89. The van der Waals surface area contributed by atoms with Crippen molar-refractivity contribution in [3.8, 4) is 0 Å². The van der Waals surface area contributed by atoms with Crippen LogP contribution in [-0.2, 0) is 6.42 Å². The molecule has 1 aromatic heterocycles. The van der Waals surface area contributed by atoms with E-state index in [1.165, 1.54) is 22.1 Å². The fourth-order valence-corrected chi connectivity index (χ4v) is 1.73. The summed E-state index contributed by atoms with van der Waals surface area (Å²) in [5.74, 6) is 0. The molecule has 0 unspecified atom stereocenters. The van der Waals surface area contributed by atoms with Gasteiger partial charge in [-0.3, -0.25) is 4.98 Å². The van der Waals surface area contributed by atoms with Gasteiger partial charge >= 0.3 is 0 Å². The van der Waals surface area contributed by atoms with Crippen LogP contribution >= 0.6 is 0 Å². The molecule has 0 saturated heterocycles. The molecule has 1 heteroatoms. The molecule has 0 N–H and O–H groups in total. The maximum Gasteiger partial charge on any atom is 0.0733 e. The Hall–Kier alpha value is -1.37. The Labute approximate surface area is 84.8 Å². The molecule has 1 aromatic carbocycles. The van der Waals surface area contributed by atoms with Crippen LogP contribution in [0.1, 0.15) is 23.6 Å². The summed E-state index contributed by atoms with van der Waals surface area (Å²) < 4.78 is 0. The largest absolute Gasteiger partial charge is 0.256 e. The molecule has 1 heterocycles. The molecule has 0 radical (unpaired) electrons. The summed E-state index contributed by atoms with van der Waals surface area (Å²) in [4.78, 5) is 4.51. The highest BCUT2D eigenvalue weighted by molar-refractivity contribution is 5.85. The van der Waals surface area contributed by atoms with Gasteiger partial charge in [0.2, 0.25) is 0 Å². The van der Waals surface area contributed by atoms with Crippen LogP contribution in [0.25, 0.3) is 10.9 Å². The van der Waals surface area contributed by atoms with Crippen molar-refractivity contribution in [3.05, 3.63) is 41.1 Å². The summed E-state index contributed by atoms with van der Waals surface area (Å²) in [6.45, 7) is 6.41. The second kappa shape index (κ2) is 3.41. The number of hydrogen-bond acceptors (Lipinski definition) is 1. The van der Waals surface area contributed by atoms with Gasteiger partial charge < -0.3 is 0 Å². The molecule has 0 aliphatic carbocycles. The zero-order valence-corrected chi connectivity index (χ0v) is 8.96. The van der Waals surface area contributed by atoms with E-state index in [0.29, 0.717) is 0 Å². The van der Waals surface area contributed by atoms with Crippen LogP contribution in [-0.4, -0.2) is 4.98 Å². The van der Waals surface area contributed by atoms with Crippen LogP contribution in [0.3, 0.4) is 0 Å². The molecule has 1 nitrogen and oxygen atoms in total. The molecule has 0 aliphatic rings. The molecule has 0 bridgehead atoms. The number of hydrogen-bond donors (Lipinski definition) is 0. The molecule has 0 aliphatic heterocycles. The highest BCUT2D eigenvalue weighted by Crippen LogP contribution is 2.21. The zero-order chi connectivity index (χ0) is 10.1. The Morgan fingerprint density at radius 1 is 1.14 bits per heavy atom. The van der Waals surface area contributed by atoms with Gasteiger partial charge in [-0.25, -0.2) is 0 Å². The summed E-state index contributed by atoms with van der Waals surface area (Å²) in [6, 6.07) is 6.56. The van der Waals surface area contributed by atoms with E-state index in [1.54, 1.807) is 0 Å². The van der Waals surface area contributed by atoms with Gasteiger partial charge in [0.1, 0.15) is 0 Å². The Morgan fingerprint density at radius 3 is 2.57 bits per heavy atom. The first kappa shape index (κ1) is 9.20. The third-order valence-electron chi connectivity index (χ3n) is 2.73. The lowest BCUT2D eigenvalue weighted by molar-refractivity contribution is 1.12. The van der Waals surface area contributed by atoms with Crippen molar-refractivity contribution in [2.24, 2.45) is 0 Å². The molecule has 0 amide bonds. The summed E-state index contributed by atoms with van der Waals surface area (Å²) in [7, 11) is 0. The van der Waals surface area contributed by atoms with Crippen molar-refractivity contribution >= 4 is 10.9 Å². The molecule has 14 heavy (non-hydrogen) atoms. The molecule has 2 aromatic rings. The predicted octanol–water partition coefficient (Wildman–Crippen LogP) is 3.41. The van der Waals surface area contributed by atoms with Crippen molar-refractivity contribution in [1.29, 1.82) is 0 Å². The van der Waals surface area contributed by atoms with Crippen molar-refractivity contribution in [1.82, 2.24) is 4.98 Å². The molecule has 0 saturated carbocycles. The van der Waals surface area contributed by atoms with Gasteiger partial charge in [0.25, 0.3) is 0 Å². The van der Waals surface area contributed by atoms with Crippen LogP contribution in [0, 0.1) is 13.8 Å². The maximum atomic E-state index is 4.51. The smallest absolute Gasteiger partial charge is 0.0733 e. The van der Waals surface area contributed by atoms with Crippen LogP contribution in [0.2, 0.25) is 0 Å². The summed E-state index contributed by atoms with van der Waals surface area (Å²) in [5.41, 5.74) is 5.02. The van der Waals surface area contributed by atoms with E-state index >= 15 is 0 Å². The fourth-order valence-electron chi connectivity index (χ4n) is 1.73. The number of benzene rings is 1. The Balaban J connectivity index is 2.80. The normalized spacial score (nSPS) is 10.8. The Bertz CT molecular complexity index is 472. The molecular formula is C13H15N. The van der Waals surface area contributed by atoms with Crippen LogP contribution in [0.4, 0.5) is 0 Å². The number of aryl methyl sites for hydroxylation is 3. The molecular weight excluding hydrogens is 170 g/mol. The first-order chi connectivity index (χ1) is 6.72. The van der Waals surface area contributed by atoms with E-state index < -0.39 is 0 Å². The van der Waals surface area contributed by atoms with Gasteiger partial charge in [0, 0.05) is 11.6 Å². The highest BCUT2D eigenvalue weighted by atomic mass is 14.7. The van der Waals surface area contributed by atoms with Crippen LogP contribution in [0.15, 0.2) is 24.4 Å². The van der Waals surface area contributed by atoms with Crippen molar-refractivity contribution < 1.29 is 0 Å². The lowest BCUT2D eigenvalue weighted by Gasteiger charge is -2.06. The van der Waals surface area contributed by atoms with Gasteiger partial charge in [-0.2, -0.15) is 0 Å². The van der Waals surface area contributed by atoms with Crippen molar-refractivity contribution in [2.75, 3.05) is 0 Å². The molecule has 0 atom stereocenters. The number of rotatable bonds is 1. The van der Waals surface area contributed by atoms with Gasteiger partial charge in [-0.05, 0) is 43.0 Å². The van der Waals surface area contributed by atoms with E-state index in [1.807, 2.05) is 6.20 Å². The standard InChI is InChI=1S/C13H15N/c1-4-11-7-12-9(2)5-6-10(3)13(12)14-8-11/h5-8H,4H2,1-3H3. The minimum atomic E-state index is 1.05. The van der Waals surface area contributed by atoms with Gasteiger partial charge in [0.15, 0.2) is 0 Å². The van der Waals surface area contributed by atoms with Crippen LogP contribution < -0.4 is 0 Å². The number of nitrogens with zero attached hydrogens (tertiary/aromatic N) is 1. The molecule has 0 spiro atoms. The molecule has 0 fully saturated rings. The van der Waals surface area contributed by atoms with Gasteiger partial charge in [-0.15, -0.1) is 0 Å². The highest BCUT2D eigenvalue weighted by Gasteiger charge is 2.02. The minimum absolute atomic E-state index is 1.05. The van der Waals surface area contributed by atoms with Gasteiger partial charge in [0.05, 0.1) is 5.52 Å². The van der Waals surface area contributed by atoms with E-state index in [4.69, 9.17) is 0 Å². The van der Waals surface area contributed by atoms with Crippen molar-refractivity contribution in [2.45, 2.75) is 27.2 Å². The topological polar surface area (TPSA) is 12.9 Å². The van der Waals surface area contributed by atoms with E-state index in [0.717, 1.165) is 11.9 Å². The number of aromatic nitrogens is 1. The molecule has 72 valence electrons. The number of fused-ring (bicyclic) bond motifs is 1. The van der Waals surface area contributed by atoms with Crippen LogP contribution in [0.5, 0.6) is 0 Å². The third-order valence-corrected chi connectivity index (χ3v) is 2.73. The van der Waals surface area contributed by atoms with Crippen molar-refractivity contribution in [3.63, 3.8) is 0 Å². The first-order valence-corrected chi connectivity index (χ1v) is 5.07. The zero-order valence-electron chi connectivity index (χ0n) is 8.96. The quantitative estimate of drug-likeness (QED) is 0.663. The fraction of sp³-hybridized carbons (Fsp3) is 0.308. The monoisotopic (exact) mass is 185 g/mol. The SMILES string of the molecule is CCc1cnc2c(C)ccc(C)c2c1. The average Bonchev–Trinajstić information content (AvgIpc) is 2.23. The second-order valence-electron chi connectivity index (χ2n) is 3.79. The predicted molar refractivity (Wildman–Crippen MR) is 60.6 cm³/mol. The summed E-state index contributed by atoms with van der Waals surface area (Å²) in [5, 5.41) is 1.30. The maximum absolute atomic E-state index is 4.51. The lowest BCUT2D eigenvalue weighted by atomic mass is 10.0. The first-order valence-electron chi connectivity index (χ1n) is 5.07. The number of pyridine rings is 1. The molecule has 2 rings (SSSR count). The average molecular weight is 185 g/mol. The van der Waals surface area contributed by atoms with Gasteiger partial charge in [-0.1, -0.05) is 19.1 Å². The Morgan fingerprint density at radius 2 is 1.86 bits per heavy atom. The Kier molecular flexibility index (Phi) is 2.24. The summed E-state index contributed by atoms with van der Waals surface area (Å²) in [6.07, 6.45) is 3.03. The van der Waals surface area contributed by atoms with E-state index in [2.05, 4.69) is 44.0 Å². The third kappa shape index (κ3) is 1.39. The van der Waals surface area contributed by atoms with E-state index in [9.17, 15) is 0 Å².